The average Bonchev–Trinajstić information content (AvgIpc) is 3.02. The van der Waals surface area contributed by atoms with Gasteiger partial charge in [-0.3, -0.25) is 9.20 Å². The highest BCUT2D eigenvalue weighted by atomic mass is 32.1. The van der Waals surface area contributed by atoms with Crippen molar-refractivity contribution in [2.75, 3.05) is 13.2 Å². The number of rotatable bonds is 3. The zero-order valence-electron chi connectivity index (χ0n) is 10.8. The van der Waals surface area contributed by atoms with Gasteiger partial charge in [0.2, 0.25) is 5.91 Å². The van der Waals surface area contributed by atoms with E-state index in [1.54, 1.807) is 16.2 Å². The largest absolute Gasteiger partial charge is 0.394 e. The molecule has 0 saturated carbocycles. The van der Waals surface area contributed by atoms with Crippen LogP contribution in [0.25, 0.3) is 4.96 Å². The fraction of sp³-hybridized carbons (Fsp3) is 0.538. The summed E-state index contributed by atoms with van der Waals surface area (Å²) in [5, 5.41) is 11.4. The lowest BCUT2D eigenvalue weighted by Crippen LogP contribution is -2.40. The van der Waals surface area contributed by atoms with Gasteiger partial charge in [0.1, 0.15) is 0 Å². The van der Waals surface area contributed by atoms with Gasteiger partial charge in [0.15, 0.2) is 4.96 Å². The molecule has 0 spiro atoms. The molecule has 1 fully saturated rings. The molecule has 2 atom stereocenters. The highest BCUT2D eigenvalue weighted by Crippen LogP contribution is 2.24. The van der Waals surface area contributed by atoms with E-state index in [1.165, 1.54) is 0 Å². The summed E-state index contributed by atoms with van der Waals surface area (Å²) in [5.41, 5.74) is 0.799. The van der Waals surface area contributed by atoms with Gasteiger partial charge in [-0.2, -0.15) is 0 Å². The minimum atomic E-state index is -0.0313. The number of imidazole rings is 1. The van der Waals surface area contributed by atoms with E-state index in [1.807, 2.05) is 22.2 Å². The summed E-state index contributed by atoms with van der Waals surface area (Å²) in [6.07, 6.45) is 5.12. The van der Waals surface area contributed by atoms with Crippen molar-refractivity contribution in [3.05, 3.63) is 23.5 Å². The molecule has 2 unspecified atom stereocenters. The average molecular weight is 279 g/mol. The Morgan fingerprint density at radius 1 is 1.63 bits per heavy atom. The van der Waals surface area contributed by atoms with Crippen molar-refractivity contribution in [3.63, 3.8) is 0 Å². The van der Waals surface area contributed by atoms with Crippen molar-refractivity contribution < 1.29 is 9.90 Å². The van der Waals surface area contributed by atoms with Crippen molar-refractivity contribution in [2.24, 2.45) is 5.92 Å². The molecule has 1 saturated heterocycles. The maximum absolute atomic E-state index is 12.3. The first-order valence-corrected chi connectivity index (χ1v) is 7.38. The number of carbonyl (C=O) groups excluding carboxylic acids is 1. The molecule has 6 heteroatoms. The number of hydrogen-bond donors (Lipinski definition) is 1. The third-order valence-electron chi connectivity index (χ3n) is 3.87. The predicted molar refractivity (Wildman–Crippen MR) is 73.1 cm³/mol. The van der Waals surface area contributed by atoms with Gasteiger partial charge in [-0.05, 0) is 12.3 Å². The number of hydrogen-bond acceptors (Lipinski definition) is 4. The molecule has 5 nitrogen and oxygen atoms in total. The fourth-order valence-electron chi connectivity index (χ4n) is 2.71. The number of fused-ring (bicyclic) bond motifs is 1. The number of thiazole rings is 1. The van der Waals surface area contributed by atoms with E-state index < -0.39 is 0 Å². The lowest BCUT2D eigenvalue weighted by molar-refractivity contribution is -0.132. The number of nitrogens with zero attached hydrogens (tertiary/aromatic N) is 3. The molecule has 2 aromatic rings. The summed E-state index contributed by atoms with van der Waals surface area (Å²) < 4.78 is 1.93. The molecule has 0 bridgehead atoms. The first-order chi connectivity index (χ1) is 9.19. The Hall–Kier alpha value is -1.40. The van der Waals surface area contributed by atoms with Crippen LogP contribution >= 0.6 is 11.3 Å². The first kappa shape index (κ1) is 12.6. The van der Waals surface area contributed by atoms with Gasteiger partial charge in [-0.15, -0.1) is 11.3 Å². The molecule has 3 heterocycles. The minimum absolute atomic E-state index is 0.0313. The third kappa shape index (κ3) is 2.26. The first-order valence-electron chi connectivity index (χ1n) is 6.50. The van der Waals surface area contributed by atoms with E-state index in [4.69, 9.17) is 0 Å². The lowest BCUT2D eigenvalue weighted by Gasteiger charge is -2.24. The van der Waals surface area contributed by atoms with Crippen molar-refractivity contribution in [2.45, 2.75) is 25.8 Å². The smallest absolute Gasteiger partial charge is 0.228 e. The number of aromatic nitrogens is 2. The molecule has 1 aliphatic rings. The summed E-state index contributed by atoms with van der Waals surface area (Å²) >= 11 is 1.56. The van der Waals surface area contributed by atoms with Crippen molar-refractivity contribution >= 4 is 22.2 Å². The van der Waals surface area contributed by atoms with E-state index in [0.717, 1.165) is 23.6 Å². The molecule has 1 aliphatic heterocycles. The summed E-state index contributed by atoms with van der Waals surface area (Å²) in [6.45, 7) is 2.87. The van der Waals surface area contributed by atoms with E-state index in [0.29, 0.717) is 12.3 Å². The zero-order chi connectivity index (χ0) is 13.4. The topological polar surface area (TPSA) is 57.8 Å². The maximum atomic E-state index is 12.3. The fourth-order valence-corrected chi connectivity index (χ4v) is 3.43. The standard InChI is InChI=1S/C13H17N3O2S/c1-9-2-3-16(11(9)8-17)12(18)6-10-7-15-4-5-19-13(15)14-10/h4-5,7,9,11,17H,2-3,6,8H2,1H3. The van der Waals surface area contributed by atoms with Crippen LogP contribution in [0, 0.1) is 5.92 Å². The van der Waals surface area contributed by atoms with Crippen LogP contribution in [0.2, 0.25) is 0 Å². The SMILES string of the molecule is CC1CCN(C(=O)Cc2cn3ccsc3n2)C1CO. The van der Waals surface area contributed by atoms with Crippen molar-refractivity contribution in [1.29, 1.82) is 0 Å². The van der Waals surface area contributed by atoms with Gasteiger partial charge < -0.3 is 10.0 Å². The van der Waals surface area contributed by atoms with Crippen LogP contribution < -0.4 is 0 Å². The number of carbonyl (C=O) groups is 1. The molecule has 0 aliphatic carbocycles. The molecule has 1 amide bonds. The monoisotopic (exact) mass is 279 g/mol. The minimum Gasteiger partial charge on any atom is -0.394 e. The van der Waals surface area contributed by atoms with Gasteiger partial charge in [-0.1, -0.05) is 6.92 Å². The van der Waals surface area contributed by atoms with Crippen LogP contribution in [0.5, 0.6) is 0 Å². The van der Waals surface area contributed by atoms with Crippen LogP contribution in [0.4, 0.5) is 0 Å². The van der Waals surface area contributed by atoms with Gasteiger partial charge in [0, 0.05) is 24.3 Å². The van der Waals surface area contributed by atoms with Crippen LogP contribution in [0.15, 0.2) is 17.8 Å². The van der Waals surface area contributed by atoms with E-state index >= 15 is 0 Å². The quantitative estimate of drug-likeness (QED) is 0.917. The van der Waals surface area contributed by atoms with Gasteiger partial charge in [0.05, 0.1) is 24.8 Å². The Morgan fingerprint density at radius 2 is 2.47 bits per heavy atom. The van der Waals surface area contributed by atoms with Crippen molar-refractivity contribution in [3.8, 4) is 0 Å². The van der Waals surface area contributed by atoms with E-state index in [2.05, 4.69) is 11.9 Å². The number of aliphatic hydroxyl groups excluding tert-OH is 1. The Bertz CT molecular complexity index is 563. The summed E-state index contributed by atoms with van der Waals surface area (Å²) in [5.74, 6) is 0.439. The molecule has 19 heavy (non-hydrogen) atoms. The van der Waals surface area contributed by atoms with Gasteiger partial charge >= 0.3 is 0 Å². The summed E-state index contributed by atoms with van der Waals surface area (Å²) in [6, 6.07) is -0.0313. The van der Waals surface area contributed by atoms with Crippen LogP contribution in [0.3, 0.4) is 0 Å². The second kappa shape index (κ2) is 4.94. The van der Waals surface area contributed by atoms with E-state index in [9.17, 15) is 9.90 Å². The number of amides is 1. The zero-order valence-corrected chi connectivity index (χ0v) is 11.6. The molecular formula is C13H17N3O2S. The summed E-state index contributed by atoms with van der Waals surface area (Å²) in [4.78, 5) is 19.4. The Labute approximate surface area is 115 Å². The lowest BCUT2D eigenvalue weighted by atomic mass is 10.0. The Kier molecular flexibility index (Phi) is 3.28. The molecule has 0 aromatic carbocycles. The molecule has 3 rings (SSSR count). The third-order valence-corrected chi connectivity index (χ3v) is 4.64. The molecule has 102 valence electrons. The molecule has 1 N–H and O–H groups in total. The highest BCUT2D eigenvalue weighted by molar-refractivity contribution is 7.15. The summed E-state index contributed by atoms with van der Waals surface area (Å²) in [7, 11) is 0. The van der Waals surface area contributed by atoms with Gasteiger partial charge in [-0.25, -0.2) is 4.98 Å². The Morgan fingerprint density at radius 3 is 3.21 bits per heavy atom. The maximum Gasteiger partial charge on any atom is 0.228 e. The van der Waals surface area contributed by atoms with Crippen LogP contribution in [-0.2, 0) is 11.2 Å². The molecule has 0 radical (unpaired) electrons. The molecular weight excluding hydrogens is 262 g/mol. The van der Waals surface area contributed by atoms with Crippen molar-refractivity contribution in [1.82, 2.24) is 14.3 Å². The van der Waals surface area contributed by atoms with Crippen LogP contribution in [0.1, 0.15) is 19.0 Å². The highest BCUT2D eigenvalue weighted by Gasteiger charge is 2.33. The number of aliphatic hydroxyl groups is 1. The predicted octanol–water partition coefficient (Wildman–Crippen LogP) is 1.17. The van der Waals surface area contributed by atoms with Crippen LogP contribution in [-0.4, -0.2) is 44.5 Å². The second-order valence-electron chi connectivity index (χ2n) is 5.10. The number of likely N-dealkylation sites (tertiary alicyclic amines) is 1. The molecule has 2 aromatic heterocycles. The normalized spacial score (nSPS) is 23.4. The second-order valence-corrected chi connectivity index (χ2v) is 5.98. The van der Waals surface area contributed by atoms with E-state index in [-0.39, 0.29) is 18.6 Å². The Balaban J connectivity index is 1.72. The van der Waals surface area contributed by atoms with Gasteiger partial charge in [0.25, 0.3) is 0 Å².